The van der Waals surface area contributed by atoms with E-state index in [1.807, 2.05) is 18.2 Å². The van der Waals surface area contributed by atoms with E-state index in [1.165, 1.54) is 6.07 Å². The van der Waals surface area contributed by atoms with Gasteiger partial charge in [-0.2, -0.15) is 0 Å². The van der Waals surface area contributed by atoms with E-state index in [4.69, 9.17) is 9.47 Å². The molecule has 0 atom stereocenters. The Morgan fingerprint density at radius 3 is 2.30 bits per heavy atom. The van der Waals surface area contributed by atoms with Crippen LogP contribution in [0.3, 0.4) is 0 Å². The third-order valence-corrected chi connectivity index (χ3v) is 5.43. The molecule has 1 aliphatic heterocycles. The van der Waals surface area contributed by atoms with Crippen molar-refractivity contribution in [3.63, 3.8) is 0 Å². The molecule has 2 aromatic rings. The average molecular weight is 414 g/mol. The van der Waals surface area contributed by atoms with Gasteiger partial charge in [0.1, 0.15) is 17.3 Å². The van der Waals surface area contributed by atoms with E-state index in [0.29, 0.717) is 50.1 Å². The second-order valence-corrected chi connectivity index (χ2v) is 7.31. The maximum Gasteiger partial charge on any atom is 0.254 e. The van der Waals surface area contributed by atoms with Crippen molar-refractivity contribution < 1.29 is 23.5 Å². The molecule has 0 radical (unpaired) electrons. The molecule has 0 unspecified atom stereocenters. The number of aryl methyl sites for hydroxylation is 2. The van der Waals surface area contributed by atoms with Crippen molar-refractivity contribution in [2.75, 3.05) is 40.4 Å². The van der Waals surface area contributed by atoms with Crippen molar-refractivity contribution in [1.29, 1.82) is 0 Å². The van der Waals surface area contributed by atoms with Crippen LogP contribution < -0.4 is 9.47 Å². The van der Waals surface area contributed by atoms with Crippen LogP contribution in [0.2, 0.25) is 0 Å². The average Bonchev–Trinajstić information content (AvgIpc) is 2.78. The highest BCUT2D eigenvalue weighted by Crippen LogP contribution is 2.25. The van der Waals surface area contributed by atoms with Crippen LogP contribution in [0.15, 0.2) is 36.4 Å². The van der Waals surface area contributed by atoms with Crippen molar-refractivity contribution in [3.8, 4) is 11.5 Å². The number of carbonyl (C=O) groups is 2. The molecule has 1 heterocycles. The van der Waals surface area contributed by atoms with Gasteiger partial charge >= 0.3 is 0 Å². The van der Waals surface area contributed by atoms with E-state index in [0.717, 1.165) is 17.1 Å². The Morgan fingerprint density at radius 2 is 1.67 bits per heavy atom. The summed E-state index contributed by atoms with van der Waals surface area (Å²) in [6.07, 6.45) is 0.891. The predicted molar refractivity (Wildman–Crippen MR) is 111 cm³/mol. The molecule has 7 heteroatoms. The molecule has 0 N–H and O–H groups in total. The molecule has 160 valence electrons. The summed E-state index contributed by atoms with van der Waals surface area (Å²) in [5, 5.41) is 0. The Hall–Kier alpha value is -3.09. The molecule has 0 saturated carbocycles. The fourth-order valence-corrected chi connectivity index (χ4v) is 3.54. The number of rotatable bonds is 6. The summed E-state index contributed by atoms with van der Waals surface area (Å²) in [6.45, 7) is 3.46. The van der Waals surface area contributed by atoms with E-state index < -0.39 is 0 Å². The summed E-state index contributed by atoms with van der Waals surface area (Å²) in [6, 6.07) is 10.0. The maximum absolute atomic E-state index is 13.8. The van der Waals surface area contributed by atoms with Crippen molar-refractivity contribution in [3.05, 3.63) is 58.9 Å². The van der Waals surface area contributed by atoms with Gasteiger partial charge in [-0.3, -0.25) is 9.59 Å². The van der Waals surface area contributed by atoms with E-state index >= 15 is 0 Å². The topological polar surface area (TPSA) is 59.1 Å². The standard InChI is InChI=1S/C23H27FN2O4/c1-16-4-5-18(15-20(16)24)23(28)26-12-10-25(11-13-26)22(27)9-6-17-14-19(29-2)7-8-21(17)30-3/h4-5,7-8,14-15H,6,9-13H2,1-3H3. The van der Waals surface area contributed by atoms with Crippen molar-refractivity contribution in [2.24, 2.45) is 0 Å². The molecular formula is C23H27FN2O4. The van der Waals surface area contributed by atoms with Gasteiger partial charge in [0, 0.05) is 38.2 Å². The zero-order valence-corrected chi connectivity index (χ0v) is 17.6. The number of carbonyl (C=O) groups excluding carboxylic acids is 2. The zero-order valence-electron chi connectivity index (χ0n) is 17.6. The zero-order chi connectivity index (χ0) is 21.7. The third-order valence-electron chi connectivity index (χ3n) is 5.43. The first-order valence-corrected chi connectivity index (χ1v) is 9.97. The molecule has 1 saturated heterocycles. The lowest BCUT2D eigenvalue weighted by Gasteiger charge is -2.35. The number of hydrogen-bond acceptors (Lipinski definition) is 4. The lowest BCUT2D eigenvalue weighted by molar-refractivity contribution is -0.132. The SMILES string of the molecule is COc1ccc(OC)c(CCC(=O)N2CCN(C(=O)c3ccc(C)c(F)c3)CC2)c1. The highest BCUT2D eigenvalue weighted by Gasteiger charge is 2.25. The van der Waals surface area contributed by atoms with Crippen LogP contribution in [-0.4, -0.2) is 62.0 Å². The Morgan fingerprint density at radius 1 is 0.967 bits per heavy atom. The number of piperazine rings is 1. The molecule has 3 rings (SSSR count). The fraction of sp³-hybridized carbons (Fsp3) is 0.391. The van der Waals surface area contributed by atoms with Crippen LogP contribution in [-0.2, 0) is 11.2 Å². The van der Waals surface area contributed by atoms with Gasteiger partial charge in [-0.05, 0) is 54.8 Å². The van der Waals surface area contributed by atoms with Gasteiger partial charge in [-0.1, -0.05) is 6.07 Å². The lowest BCUT2D eigenvalue weighted by atomic mass is 10.1. The molecule has 2 amide bonds. The van der Waals surface area contributed by atoms with Gasteiger partial charge in [-0.25, -0.2) is 4.39 Å². The number of benzene rings is 2. The smallest absolute Gasteiger partial charge is 0.254 e. The molecule has 0 aliphatic carbocycles. The number of hydrogen-bond donors (Lipinski definition) is 0. The Balaban J connectivity index is 1.54. The van der Waals surface area contributed by atoms with Crippen LogP contribution in [0.5, 0.6) is 11.5 Å². The van der Waals surface area contributed by atoms with E-state index in [9.17, 15) is 14.0 Å². The van der Waals surface area contributed by atoms with Gasteiger partial charge in [0.05, 0.1) is 14.2 Å². The molecule has 0 spiro atoms. The number of amides is 2. The Labute approximate surface area is 176 Å². The first-order chi connectivity index (χ1) is 14.4. The van der Waals surface area contributed by atoms with Crippen LogP contribution in [0.1, 0.15) is 27.9 Å². The molecule has 6 nitrogen and oxygen atoms in total. The van der Waals surface area contributed by atoms with E-state index in [1.54, 1.807) is 43.1 Å². The highest BCUT2D eigenvalue weighted by molar-refractivity contribution is 5.94. The minimum Gasteiger partial charge on any atom is -0.497 e. The summed E-state index contributed by atoms with van der Waals surface area (Å²) in [7, 11) is 3.20. The summed E-state index contributed by atoms with van der Waals surface area (Å²) < 4.78 is 24.4. The van der Waals surface area contributed by atoms with E-state index in [2.05, 4.69) is 0 Å². The molecule has 0 bridgehead atoms. The molecule has 1 fully saturated rings. The minimum atomic E-state index is -0.386. The van der Waals surface area contributed by atoms with E-state index in [-0.39, 0.29) is 17.6 Å². The van der Waals surface area contributed by atoms with Crippen molar-refractivity contribution in [2.45, 2.75) is 19.8 Å². The Kier molecular flexibility index (Phi) is 6.92. The van der Waals surface area contributed by atoms with Gasteiger partial charge < -0.3 is 19.3 Å². The first-order valence-electron chi connectivity index (χ1n) is 9.97. The molecule has 0 aromatic heterocycles. The normalized spacial score (nSPS) is 13.9. The second kappa shape index (κ2) is 9.61. The summed E-state index contributed by atoms with van der Waals surface area (Å²) in [5.74, 6) is 0.889. The molecule has 30 heavy (non-hydrogen) atoms. The maximum atomic E-state index is 13.8. The van der Waals surface area contributed by atoms with Crippen molar-refractivity contribution >= 4 is 11.8 Å². The van der Waals surface area contributed by atoms with Crippen LogP contribution in [0.4, 0.5) is 4.39 Å². The summed E-state index contributed by atoms with van der Waals surface area (Å²) >= 11 is 0. The van der Waals surface area contributed by atoms with Crippen molar-refractivity contribution in [1.82, 2.24) is 9.80 Å². The van der Waals surface area contributed by atoms with Crippen LogP contribution >= 0.6 is 0 Å². The van der Waals surface area contributed by atoms with Crippen LogP contribution in [0, 0.1) is 12.7 Å². The number of halogens is 1. The molecule has 1 aliphatic rings. The lowest BCUT2D eigenvalue weighted by Crippen LogP contribution is -2.50. The van der Waals surface area contributed by atoms with Gasteiger partial charge in [0.15, 0.2) is 0 Å². The number of methoxy groups -OCH3 is 2. The minimum absolute atomic E-state index is 0.0355. The first kappa shape index (κ1) is 21.6. The van der Waals surface area contributed by atoms with Crippen LogP contribution in [0.25, 0.3) is 0 Å². The number of ether oxygens (including phenoxy) is 2. The highest BCUT2D eigenvalue weighted by atomic mass is 19.1. The number of nitrogens with zero attached hydrogens (tertiary/aromatic N) is 2. The third kappa shape index (κ3) is 4.90. The summed E-state index contributed by atoms with van der Waals surface area (Å²) in [5.41, 5.74) is 1.76. The Bertz CT molecular complexity index is 923. The monoisotopic (exact) mass is 414 g/mol. The summed E-state index contributed by atoms with van der Waals surface area (Å²) in [4.78, 5) is 28.7. The predicted octanol–water partition coefficient (Wildman–Crippen LogP) is 3.07. The molecular weight excluding hydrogens is 387 g/mol. The fourth-order valence-electron chi connectivity index (χ4n) is 3.54. The van der Waals surface area contributed by atoms with Gasteiger partial charge in [0.25, 0.3) is 5.91 Å². The second-order valence-electron chi connectivity index (χ2n) is 7.31. The quantitative estimate of drug-likeness (QED) is 0.729. The largest absolute Gasteiger partial charge is 0.497 e. The van der Waals surface area contributed by atoms with Gasteiger partial charge in [0.2, 0.25) is 5.91 Å². The van der Waals surface area contributed by atoms with Gasteiger partial charge in [-0.15, -0.1) is 0 Å². The molecule has 2 aromatic carbocycles.